The Morgan fingerprint density at radius 1 is 0.744 bits per heavy atom. The van der Waals surface area contributed by atoms with Crippen LogP contribution in [0.1, 0.15) is 32.1 Å². The van der Waals surface area contributed by atoms with Crippen LogP contribution in [0, 0.1) is 13.8 Å². The van der Waals surface area contributed by atoms with Gasteiger partial charge in [0.05, 0.1) is 38.0 Å². The molecule has 0 radical (unpaired) electrons. The van der Waals surface area contributed by atoms with Crippen LogP contribution in [0.3, 0.4) is 0 Å². The fourth-order valence-corrected chi connectivity index (χ4v) is 4.57. The van der Waals surface area contributed by atoms with Crippen molar-refractivity contribution in [3.8, 4) is 10.3 Å². The predicted molar refractivity (Wildman–Crippen MR) is 150 cm³/mol. The van der Waals surface area contributed by atoms with Crippen molar-refractivity contribution in [2.45, 2.75) is 13.8 Å². The third-order valence-corrected chi connectivity index (χ3v) is 6.88. The van der Waals surface area contributed by atoms with Crippen molar-refractivity contribution in [3.05, 3.63) is 34.9 Å². The second-order valence-corrected chi connectivity index (χ2v) is 9.66. The van der Waals surface area contributed by atoms with Gasteiger partial charge in [-0.15, -0.1) is 30.7 Å². The highest BCUT2D eigenvalue weighted by atomic mass is 32.1. The van der Waals surface area contributed by atoms with E-state index in [0.717, 1.165) is 11.3 Å². The van der Waals surface area contributed by atoms with Gasteiger partial charge in [-0.1, -0.05) is 11.3 Å². The zero-order valence-corrected chi connectivity index (χ0v) is 24.4. The number of methoxy groups -OCH3 is 2. The first kappa shape index (κ1) is 28.7. The quantitative estimate of drug-likeness (QED) is 0.190. The van der Waals surface area contributed by atoms with Gasteiger partial charge in [0.1, 0.15) is 11.1 Å². The molecule has 0 saturated heterocycles. The van der Waals surface area contributed by atoms with E-state index in [9.17, 15) is 9.59 Å². The molecule has 21 heteroatoms. The molecule has 4 N–H and O–H groups in total. The SMILES string of the molecule is COC(=O)c1cnn(C)c1N=Nc1c(C)nn(-c2nnc(-n3nc(C)c(N=Nc4c(C(=O)OC)cnn4C)c3N)s2)c1N. The second kappa shape index (κ2) is 11.2. The highest BCUT2D eigenvalue weighted by Gasteiger charge is 2.23. The minimum Gasteiger partial charge on any atom is -0.465 e. The van der Waals surface area contributed by atoms with Crippen LogP contribution in [-0.4, -0.2) is 75.5 Å². The number of ether oxygens (including phenoxy) is 2. The van der Waals surface area contributed by atoms with E-state index in [1.165, 1.54) is 45.3 Å². The third kappa shape index (κ3) is 5.07. The number of nitrogens with zero attached hydrogens (tertiary/aromatic N) is 14. The van der Waals surface area contributed by atoms with Crippen LogP contribution in [0.5, 0.6) is 0 Å². The van der Waals surface area contributed by atoms with Crippen LogP contribution < -0.4 is 11.5 Å². The number of rotatable bonds is 8. The largest absolute Gasteiger partial charge is 0.465 e. The molecule has 5 heterocycles. The first-order valence-corrected chi connectivity index (χ1v) is 13.0. The lowest BCUT2D eigenvalue weighted by Crippen LogP contribution is -2.01. The first-order valence-electron chi connectivity index (χ1n) is 12.1. The maximum atomic E-state index is 12.0. The molecule has 0 aliphatic rings. The summed E-state index contributed by atoms with van der Waals surface area (Å²) >= 11 is 1.09. The molecule has 5 rings (SSSR count). The number of hydrogen-bond acceptors (Lipinski definition) is 17. The molecular weight excluding hydrogens is 584 g/mol. The van der Waals surface area contributed by atoms with Crippen molar-refractivity contribution in [1.82, 2.24) is 49.3 Å². The van der Waals surface area contributed by atoms with Crippen molar-refractivity contribution < 1.29 is 19.1 Å². The predicted octanol–water partition coefficient (Wildman–Crippen LogP) is 2.56. The van der Waals surface area contributed by atoms with Gasteiger partial charge < -0.3 is 20.9 Å². The summed E-state index contributed by atoms with van der Waals surface area (Å²) in [6, 6.07) is 0. The Morgan fingerprint density at radius 2 is 1.14 bits per heavy atom. The Kier molecular flexibility index (Phi) is 7.46. The third-order valence-electron chi connectivity index (χ3n) is 6.01. The molecular formula is C22H24N16O4S. The van der Waals surface area contributed by atoms with Crippen LogP contribution in [0.4, 0.5) is 34.6 Å². The molecule has 0 unspecified atom stereocenters. The standard InChI is InChI=1S/C22H24N16O4S/c1-9-13(27-29-17-11(19(39)41-5)7-25-35(17)3)15(23)37(33-9)21-31-32-22(43-21)38-16(24)14(10(2)34-38)28-30-18-12(20(40)42-6)8-26-36(18)4/h7-8H,23-24H2,1-6H3. The maximum Gasteiger partial charge on any atom is 0.343 e. The van der Waals surface area contributed by atoms with Gasteiger partial charge in [-0.3, -0.25) is 0 Å². The fraction of sp³-hybridized carbons (Fsp3) is 0.273. The molecule has 43 heavy (non-hydrogen) atoms. The van der Waals surface area contributed by atoms with Gasteiger partial charge in [0, 0.05) is 14.1 Å². The molecule has 0 aliphatic heterocycles. The summed E-state index contributed by atoms with van der Waals surface area (Å²) in [4.78, 5) is 24.0. The number of nitrogens with two attached hydrogens (primary N) is 2. The van der Waals surface area contributed by atoms with Crippen molar-refractivity contribution in [3.63, 3.8) is 0 Å². The maximum absolute atomic E-state index is 12.0. The number of carbonyl (C=O) groups excluding carboxylic acids is 2. The molecule has 0 bridgehead atoms. The van der Waals surface area contributed by atoms with Gasteiger partial charge in [0.25, 0.3) is 0 Å². The number of anilines is 2. The highest BCUT2D eigenvalue weighted by molar-refractivity contribution is 7.16. The minimum atomic E-state index is -0.607. The van der Waals surface area contributed by atoms with E-state index >= 15 is 0 Å². The van der Waals surface area contributed by atoms with E-state index in [1.54, 1.807) is 27.9 Å². The Bertz CT molecular complexity index is 1790. The van der Waals surface area contributed by atoms with E-state index < -0.39 is 11.9 Å². The Hall–Kier alpha value is -5.86. The summed E-state index contributed by atoms with van der Waals surface area (Å²) in [6.07, 6.45) is 2.66. The van der Waals surface area contributed by atoms with Crippen molar-refractivity contribution in [1.29, 1.82) is 0 Å². The van der Waals surface area contributed by atoms with Gasteiger partial charge in [-0.2, -0.15) is 29.8 Å². The topological polar surface area (TPSA) is 251 Å². The van der Waals surface area contributed by atoms with Crippen LogP contribution >= 0.6 is 11.3 Å². The molecule has 0 spiro atoms. The Morgan fingerprint density at radius 3 is 1.51 bits per heavy atom. The van der Waals surface area contributed by atoms with E-state index in [0.29, 0.717) is 21.7 Å². The monoisotopic (exact) mass is 608 g/mol. The van der Waals surface area contributed by atoms with E-state index in [4.69, 9.17) is 20.9 Å². The molecule has 0 atom stereocenters. The molecule has 222 valence electrons. The summed E-state index contributed by atoms with van der Waals surface area (Å²) in [7, 11) is 5.73. The average Bonchev–Trinajstić information content (AvgIpc) is 3.80. The minimum absolute atomic E-state index is 0.127. The number of hydrogen-bond donors (Lipinski definition) is 2. The van der Waals surface area contributed by atoms with E-state index in [-0.39, 0.29) is 45.8 Å². The lowest BCUT2D eigenvalue weighted by atomic mass is 10.3. The summed E-state index contributed by atoms with van der Waals surface area (Å²) in [6.45, 7) is 3.38. The molecule has 5 aromatic rings. The van der Waals surface area contributed by atoms with Crippen molar-refractivity contribution in [2.24, 2.45) is 34.6 Å². The van der Waals surface area contributed by atoms with Crippen molar-refractivity contribution in [2.75, 3.05) is 25.7 Å². The lowest BCUT2D eigenvalue weighted by molar-refractivity contribution is 0.0592. The molecule has 5 aromatic heterocycles. The van der Waals surface area contributed by atoms with Crippen LogP contribution in [-0.2, 0) is 23.6 Å². The lowest BCUT2D eigenvalue weighted by Gasteiger charge is -2.00. The van der Waals surface area contributed by atoms with Crippen molar-refractivity contribution >= 4 is 57.9 Å². The summed E-state index contributed by atoms with van der Waals surface area (Å²) in [5.41, 5.74) is 14.4. The van der Waals surface area contributed by atoms with Gasteiger partial charge in [-0.25, -0.2) is 19.0 Å². The Balaban J connectivity index is 1.43. The number of nitrogen functional groups attached to an aromatic ring is 2. The van der Waals surface area contributed by atoms with Gasteiger partial charge in [-0.05, 0) is 13.8 Å². The zero-order valence-electron chi connectivity index (χ0n) is 23.6. The highest BCUT2D eigenvalue weighted by Crippen LogP contribution is 2.35. The fourth-order valence-electron chi connectivity index (χ4n) is 3.79. The van der Waals surface area contributed by atoms with Crippen LogP contribution in [0.15, 0.2) is 32.9 Å². The van der Waals surface area contributed by atoms with Gasteiger partial charge in [0.15, 0.2) is 34.6 Å². The smallest absolute Gasteiger partial charge is 0.343 e. The normalized spacial score (nSPS) is 11.7. The van der Waals surface area contributed by atoms with Gasteiger partial charge >= 0.3 is 11.9 Å². The molecule has 0 aromatic carbocycles. The number of esters is 2. The molecule has 0 saturated carbocycles. The zero-order chi connectivity index (χ0) is 31.0. The average molecular weight is 609 g/mol. The number of carbonyl (C=O) groups is 2. The molecule has 0 fully saturated rings. The van der Waals surface area contributed by atoms with E-state index in [1.807, 2.05) is 0 Å². The van der Waals surface area contributed by atoms with E-state index in [2.05, 4.69) is 51.0 Å². The summed E-state index contributed by atoms with van der Waals surface area (Å²) in [5, 5.41) is 42.5. The molecule has 0 aliphatic carbocycles. The molecule has 0 amide bonds. The van der Waals surface area contributed by atoms with Crippen LogP contribution in [0.25, 0.3) is 10.3 Å². The number of aryl methyl sites for hydroxylation is 4. The summed E-state index contributed by atoms with van der Waals surface area (Å²) < 4.78 is 15.0. The second-order valence-electron chi connectivity index (χ2n) is 8.72. The summed E-state index contributed by atoms with van der Waals surface area (Å²) in [5.74, 6) is -0.600. The van der Waals surface area contributed by atoms with Crippen LogP contribution in [0.2, 0.25) is 0 Å². The number of azo groups is 2. The van der Waals surface area contributed by atoms with Gasteiger partial charge in [0.2, 0.25) is 10.3 Å². The Labute approximate surface area is 245 Å². The number of aromatic nitrogens is 10. The first-order chi connectivity index (χ1) is 20.5. The molecule has 20 nitrogen and oxygen atoms in total.